The van der Waals surface area contributed by atoms with E-state index in [0.717, 1.165) is 24.3 Å². The summed E-state index contributed by atoms with van der Waals surface area (Å²) < 4.78 is 117. The molecule has 2 aromatic rings. The first kappa shape index (κ1) is 30.7. The maximum absolute atomic E-state index is 13.4. The highest BCUT2D eigenvalue weighted by Crippen LogP contribution is 2.26. The first-order valence-corrected chi connectivity index (χ1v) is 12.7. The molecule has 0 saturated carbocycles. The van der Waals surface area contributed by atoms with Gasteiger partial charge >= 0.3 is 22.5 Å². The molecule has 0 aliphatic rings. The van der Waals surface area contributed by atoms with E-state index < -0.39 is 45.2 Å². The zero-order valence-corrected chi connectivity index (χ0v) is 20.7. The van der Waals surface area contributed by atoms with E-state index in [1.165, 1.54) is 24.3 Å². The van der Waals surface area contributed by atoms with E-state index in [9.17, 15) is 34.8 Å². The van der Waals surface area contributed by atoms with E-state index in [4.69, 9.17) is 14.7 Å². The average Bonchev–Trinajstić information content (AvgIpc) is 2.83. The normalized spacial score (nSPS) is 13.3. The molecule has 0 heterocycles. The minimum absolute atomic E-state index is 0.103. The second kappa shape index (κ2) is 13.3. The van der Waals surface area contributed by atoms with Gasteiger partial charge in [0.25, 0.3) is 0 Å². The molecule has 0 unspecified atom stereocenters. The summed E-state index contributed by atoms with van der Waals surface area (Å²) in [6, 6.07) is 9.28. The minimum Gasteiger partial charge on any atom is -0.493 e. The third kappa shape index (κ3) is 9.76. The summed E-state index contributed by atoms with van der Waals surface area (Å²) in [5.41, 5.74) is -3.73. The van der Waals surface area contributed by atoms with Crippen molar-refractivity contribution in [1.82, 2.24) is 0 Å². The lowest BCUT2D eigenvalue weighted by atomic mass is 10.1. The van der Waals surface area contributed by atoms with E-state index in [0.29, 0.717) is 12.8 Å². The molecule has 0 aliphatic carbocycles. The van der Waals surface area contributed by atoms with Crippen LogP contribution in [0.3, 0.4) is 0 Å². The second-order valence-corrected chi connectivity index (χ2v) is 9.35. The molecular weight excluding hydrogens is 546 g/mol. The van der Waals surface area contributed by atoms with Crippen molar-refractivity contribution in [2.45, 2.75) is 38.5 Å². The number of hydrogen-bond donors (Lipinski definition) is 1. The molecule has 0 aromatic heterocycles. The lowest BCUT2D eigenvalue weighted by molar-refractivity contribution is -0.0608. The maximum Gasteiger partial charge on any atom is 0.437 e. The molecule has 0 saturated heterocycles. The van der Waals surface area contributed by atoms with E-state index in [1.54, 1.807) is 6.92 Å². The molecule has 8 nitrogen and oxygen atoms in total. The van der Waals surface area contributed by atoms with Gasteiger partial charge in [0.15, 0.2) is 11.4 Å². The molecule has 0 amide bonds. The standard InChI is InChI=1S/C23H24F6N2O6S/c1-2-3-15-38(33,34)37-31-21(23(27,28)29)17-7-11-19(12-8-17)36-14-4-13-35-18-9-5-16(6-10-18)20(30-32)22(24,25)26/h5-12,32H,2-4,13-15H2,1H3. The molecule has 15 heteroatoms. The fourth-order valence-corrected chi connectivity index (χ4v) is 3.76. The van der Waals surface area contributed by atoms with Crippen molar-refractivity contribution in [1.29, 1.82) is 0 Å². The van der Waals surface area contributed by atoms with E-state index >= 15 is 0 Å². The third-order valence-electron chi connectivity index (χ3n) is 4.71. The Morgan fingerprint density at radius 3 is 1.63 bits per heavy atom. The highest BCUT2D eigenvalue weighted by molar-refractivity contribution is 7.86. The summed E-state index contributed by atoms with van der Waals surface area (Å²) in [5, 5.41) is 13.7. The minimum atomic E-state index is -4.97. The first-order chi connectivity index (χ1) is 17.8. The Kier molecular flexibility index (Phi) is 10.8. The third-order valence-corrected chi connectivity index (χ3v) is 5.80. The van der Waals surface area contributed by atoms with Gasteiger partial charge in [-0.2, -0.15) is 34.8 Å². The Labute approximate surface area is 214 Å². The van der Waals surface area contributed by atoms with Crippen LogP contribution in [0, 0.1) is 0 Å². The van der Waals surface area contributed by atoms with Crippen LogP contribution in [-0.2, 0) is 14.4 Å². The van der Waals surface area contributed by atoms with Gasteiger partial charge in [-0.15, -0.1) is 0 Å². The lowest BCUT2D eigenvalue weighted by Crippen LogP contribution is -2.25. The summed E-state index contributed by atoms with van der Waals surface area (Å²) in [7, 11) is -4.25. The van der Waals surface area contributed by atoms with Crippen molar-refractivity contribution in [2.24, 2.45) is 10.3 Å². The van der Waals surface area contributed by atoms with Gasteiger partial charge in [-0.25, -0.2) is 0 Å². The molecule has 2 rings (SSSR count). The molecule has 1 N–H and O–H groups in total. The molecule has 0 atom stereocenters. The number of rotatable bonds is 13. The summed E-state index contributed by atoms with van der Waals surface area (Å²) >= 11 is 0. The van der Waals surface area contributed by atoms with Crippen LogP contribution in [0.5, 0.6) is 11.5 Å². The molecular formula is C23H24F6N2O6S. The van der Waals surface area contributed by atoms with Gasteiger partial charge in [-0.3, -0.25) is 4.28 Å². The van der Waals surface area contributed by atoms with Crippen molar-refractivity contribution >= 4 is 21.5 Å². The molecule has 0 radical (unpaired) electrons. The van der Waals surface area contributed by atoms with Crippen LogP contribution >= 0.6 is 0 Å². The van der Waals surface area contributed by atoms with Gasteiger partial charge < -0.3 is 14.7 Å². The molecule has 0 aliphatic heterocycles. The van der Waals surface area contributed by atoms with Crippen LogP contribution in [0.25, 0.3) is 0 Å². The first-order valence-electron chi connectivity index (χ1n) is 11.1. The highest BCUT2D eigenvalue weighted by atomic mass is 32.2. The molecule has 0 bridgehead atoms. The summed E-state index contributed by atoms with van der Waals surface area (Å²) in [5.74, 6) is 0.0202. The fourth-order valence-electron chi connectivity index (χ4n) is 2.86. The van der Waals surface area contributed by atoms with E-state index in [2.05, 4.69) is 14.6 Å². The molecule has 38 heavy (non-hydrogen) atoms. The number of hydrogen-bond acceptors (Lipinski definition) is 8. The molecule has 210 valence electrons. The van der Waals surface area contributed by atoms with Crippen molar-refractivity contribution in [3.05, 3.63) is 59.7 Å². The predicted molar refractivity (Wildman–Crippen MR) is 125 cm³/mol. The Morgan fingerprint density at radius 1 is 0.789 bits per heavy atom. The molecule has 0 spiro atoms. The summed E-state index contributed by atoms with van der Waals surface area (Å²) in [6.07, 6.45) is -8.75. The van der Waals surface area contributed by atoms with Crippen molar-refractivity contribution in [2.75, 3.05) is 19.0 Å². The van der Waals surface area contributed by atoms with E-state index in [1.807, 2.05) is 0 Å². The number of alkyl halides is 6. The zero-order chi connectivity index (χ0) is 28.4. The summed E-state index contributed by atoms with van der Waals surface area (Å²) in [4.78, 5) is 0. The fraction of sp³-hybridized carbons (Fsp3) is 0.391. The van der Waals surface area contributed by atoms with Crippen molar-refractivity contribution in [3.63, 3.8) is 0 Å². The number of halogens is 6. The summed E-state index contributed by atoms with van der Waals surface area (Å²) in [6.45, 7) is 1.93. The molecule has 2 aromatic carbocycles. The van der Waals surface area contributed by atoms with Crippen LogP contribution in [0.15, 0.2) is 58.8 Å². The highest BCUT2D eigenvalue weighted by Gasteiger charge is 2.39. The topological polar surface area (TPSA) is 107 Å². The second-order valence-electron chi connectivity index (χ2n) is 7.67. The van der Waals surface area contributed by atoms with E-state index in [-0.39, 0.29) is 36.7 Å². The lowest BCUT2D eigenvalue weighted by Gasteiger charge is -2.12. The maximum atomic E-state index is 13.4. The van der Waals surface area contributed by atoms with Crippen molar-refractivity contribution < 1.29 is 53.7 Å². The Bertz CT molecular complexity index is 1190. The number of ether oxygens (including phenoxy) is 2. The van der Waals surface area contributed by atoms with Crippen LogP contribution in [0.1, 0.15) is 37.3 Å². The number of unbranched alkanes of at least 4 members (excludes halogenated alkanes) is 1. The quantitative estimate of drug-likeness (QED) is 0.109. The van der Waals surface area contributed by atoms with Gasteiger partial charge in [0, 0.05) is 17.5 Å². The Morgan fingerprint density at radius 2 is 1.24 bits per heavy atom. The molecule has 0 fully saturated rings. The smallest absolute Gasteiger partial charge is 0.437 e. The monoisotopic (exact) mass is 570 g/mol. The average molecular weight is 571 g/mol. The van der Waals surface area contributed by atoms with Crippen molar-refractivity contribution in [3.8, 4) is 11.5 Å². The predicted octanol–water partition coefficient (Wildman–Crippen LogP) is 5.69. The van der Waals surface area contributed by atoms with Crippen LogP contribution in [0.2, 0.25) is 0 Å². The van der Waals surface area contributed by atoms with Crippen LogP contribution in [-0.4, -0.2) is 56.4 Å². The number of benzene rings is 2. The zero-order valence-electron chi connectivity index (χ0n) is 19.9. The van der Waals surface area contributed by atoms with Gasteiger partial charge in [0.05, 0.1) is 19.0 Å². The number of nitrogens with zero attached hydrogens (tertiary/aromatic N) is 2. The van der Waals surface area contributed by atoms with Gasteiger partial charge in [0.1, 0.15) is 11.5 Å². The van der Waals surface area contributed by atoms with Crippen LogP contribution < -0.4 is 9.47 Å². The SMILES string of the molecule is CCCCS(=O)(=O)ON=C(c1ccc(OCCCOc2ccc(C(=NO)C(F)(F)F)cc2)cc1)C(F)(F)F. The van der Waals surface area contributed by atoms with Gasteiger partial charge in [-0.1, -0.05) is 23.7 Å². The van der Waals surface area contributed by atoms with Crippen LogP contribution in [0.4, 0.5) is 26.3 Å². The Hall–Kier alpha value is -3.49. The Balaban J connectivity index is 1.89. The van der Waals surface area contributed by atoms with Gasteiger partial charge in [0.2, 0.25) is 0 Å². The van der Waals surface area contributed by atoms with Gasteiger partial charge in [-0.05, 0) is 55.0 Å². The number of oxime groups is 2. The largest absolute Gasteiger partial charge is 0.493 e.